The molecule has 4 heterocycles. The summed E-state index contributed by atoms with van der Waals surface area (Å²) < 4.78 is 13.6. The summed E-state index contributed by atoms with van der Waals surface area (Å²) in [6.45, 7) is 4.82. The van der Waals surface area contributed by atoms with Crippen molar-refractivity contribution in [3.05, 3.63) is 65.1 Å². The number of carbonyl (C=O) groups excluding carboxylic acids is 3. The number of carbonyl (C=O) groups is 3. The van der Waals surface area contributed by atoms with Gasteiger partial charge in [-0.1, -0.05) is 12.1 Å². The largest absolute Gasteiger partial charge is 0.488 e. The van der Waals surface area contributed by atoms with E-state index in [9.17, 15) is 14.4 Å². The number of hydrogen-bond acceptors (Lipinski definition) is 7. The Kier molecular flexibility index (Phi) is 6.02. The lowest BCUT2D eigenvalue weighted by atomic mass is 9.92. The predicted molar refractivity (Wildman–Crippen MR) is 130 cm³/mol. The van der Waals surface area contributed by atoms with Gasteiger partial charge in [0.05, 0.1) is 37.9 Å². The molecule has 9 nitrogen and oxygen atoms in total. The SMILES string of the molecule is O=C1CCC(N2Cc3c(OCc4ccc5nc(CN6CCOCC6)cn5c4)cccc3C2=O)C(=O)C1. The summed E-state index contributed by atoms with van der Waals surface area (Å²) >= 11 is 0. The second kappa shape index (κ2) is 9.48. The zero-order chi connectivity index (χ0) is 24.6. The zero-order valence-corrected chi connectivity index (χ0v) is 20.0. The number of pyridine rings is 1. The highest BCUT2D eigenvalue weighted by molar-refractivity contribution is 6.07. The fraction of sp³-hybridized carbons (Fsp3) is 0.407. The van der Waals surface area contributed by atoms with Crippen LogP contribution in [-0.4, -0.2) is 69.0 Å². The van der Waals surface area contributed by atoms with Gasteiger partial charge in [0, 0.05) is 55.1 Å². The Labute approximate surface area is 208 Å². The normalized spacial score (nSPS) is 20.8. The van der Waals surface area contributed by atoms with Gasteiger partial charge in [-0.15, -0.1) is 0 Å². The maximum absolute atomic E-state index is 13.1. The van der Waals surface area contributed by atoms with Gasteiger partial charge in [0.25, 0.3) is 5.91 Å². The third-order valence-corrected chi connectivity index (χ3v) is 7.21. The number of Topliss-reactive ketones (excluding diaryl/α,β-unsaturated/α-hetero) is 2. The number of amides is 1. The lowest BCUT2D eigenvalue weighted by molar-refractivity contribution is -0.133. The maximum atomic E-state index is 13.1. The Morgan fingerprint density at radius 3 is 2.75 bits per heavy atom. The van der Waals surface area contributed by atoms with Crippen LogP contribution in [0.3, 0.4) is 0 Å². The Morgan fingerprint density at radius 1 is 1.06 bits per heavy atom. The Bertz CT molecular complexity index is 1340. The van der Waals surface area contributed by atoms with Gasteiger partial charge in [0.2, 0.25) is 0 Å². The summed E-state index contributed by atoms with van der Waals surface area (Å²) in [5.74, 6) is 0.251. The molecule has 2 aromatic heterocycles. The molecule has 1 unspecified atom stereocenters. The van der Waals surface area contributed by atoms with Gasteiger partial charge in [-0.3, -0.25) is 19.3 Å². The van der Waals surface area contributed by atoms with Gasteiger partial charge >= 0.3 is 0 Å². The highest BCUT2D eigenvalue weighted by Crippen LogP contribution is 2.34. The van der Waals surface area contributed by atoms with Gasteiger partial charge in [-0.25, -0.2) is 4.98 Å². The lowest BCUT2D eigenvalue weighted by Crippen LogP contribution is -2.44. The molecule has 1 aromatic carbocycles. The van der Waals surface area contributed by atoms with Gasteiger partial charge in [-0.2, -0.15) is 0 Å². The van der Waals surface area contributed by atoms with E-state index in [1.54, 1.807) is 17.0 Å². The molecule has 0 bridgehead atoms. The Balaban J connectivity index is 1.15. The van der Waals surface area contributed by atoms with Crippen molar-refractivity contribution in [2.45, 2.75) is 45.0 Å². The first-order chi connectivity index (χ1) is 17.5. The number of aromatic nitrogens is 2. The Morgan fingerprint density at radius 2 is 1.92 bits per heavy atom. The van der Waals surface area contributed by atoms with E-state index >= 15 is 0 Å². The van der Waals surface area contributed by atoms with Crippen molar-refractivity contribution in [1.82, 2.24) is 19.2 Å². The summed E-state index contributed by atoms with van der Waals surface area (Å²) in [4.78, 5) is 45.8. The molecule has 2 fully saturated rings. The van der Waals surface area contributed by atoms with Crippen LogP contribution < -0.4 is 4.74 Å². The number of ketones is 2. The van der Waals surface area contributed by atoms with E-state index in [1.807, 2.05) is 28.8 Å². The fourth-order valence-electron chi connectivity index (χ4n) is 5.30. The molecule has 186 valence electrons. The first kappa shape index (κ1) is 22.9. The molecular formula is C27H28N4O5. The molecule has 36 heavy (non-hydrogen) atoms. The molecule has 0 N–H and O–H groups in total. The number of rotatable bonds is 6. The third kappa shape index (κ3) is 4.40. The van der Waals surface area contributed by atoms with Crippen LogP contribution in [0.25, 0.3) is 5.65 Å². The monoisotopic (exact) mass is 488 g/mol. The fourth-order valence-corrected chi connectivity index (χ4v) is 5.30. The van der Waals surface area contributed by atoms with Crippen LogP contribution in [0.4, 0.5) is 0 Å². The molecule has 6 rings (SSSR count). The van der Waals surface area contributed by atoms with Crippen molar-refractivity contribution in [1.29, 1.82) is 0 Å². The molecule has 2 aliphatic heterocycles. The molecule has 9 heteroatoms. The average molecular weight is 489 g/mol. The van der Waals surface area contributed by atoms with Crippen LogP contribution >= 0.6 is 0 Å². The predicted octanol–water partition coefficient (Wildman–Crippen LogP) is 2.39. The number of fused-ring (bicyclic) bond motifs is 2. The smallest absolute Gasteiger partial charge is 0.255 e. The summed E-state index contributed by atoms with van der Waals surface area (Å²) in [7, 11) is 0. The number of benzene rings is 1. The van der Waals surface area contributed by atoms with Crippen molar-refractivity contribution in [3.63, 3.8) is 0 Å². The summed E-state index contributed by atoms with van der Waals surface area (Å²) in [5.41, 5.74) is 4.25. The first-order valence-electron chi connectivity index (χ1n) is 12.4. The zero-order valence-electron chi connectivity index (χ0n) is 20.0. The third-order valence-electron chi connectivity index (χ3n) is 7.21. The van der Waals surface area contributed by atoms with Crippen LogP contribution in [0.1, 0.15) is 46.4 Å². The van der Waals surface area contributed by atoms with E-state index in [2.05, 4.69) is 11.1 Å². The number of nitrogens with zero attached hydrogens (tertiary/aromatic N) is 4. The van der Waals surface area contributed by atoms with Crippen LogP contribution in [0.15, 0.2) is 42.7 Å². The number of ether oxygens (including phenoxy) is 2. The van der Waals surface area contributed by atoms with E-state index < -0.39 is 6.04 Å². The first-order valence-corrected chi connectivity index (χ1v) is 12.4. The number of imidazole rings is 1. The summed E-state index contributed by atoms with van der Waals surface area (Å²) in [6.07, 6.45) is 4.72. The second-order valence-corrected chi connectivity index (χ2v) is 9.66. The molecular weight excluding hydrogens is 460 g/mol. The molecule has 1 aliphatic carbocycles. The van der Waals surface area contributed by atoms with Crippen LogP contribution in [-0.2, 0) is 34.0 Å². The molecule has 1 saturated carbocycles. The summed E-state index contributed by atoms with van der Waals surface area (Å²) in [5, 5.41) is 0. The highest BCUT2D eigenvalue weighted by atomic mass is 16.5. The Hall–Kier alpha value is -3.56. The molecule has 0 spiro atoms. The second-order valence-electron chi connectivity index (χ2n) is 9.66. The standard InChI is InChI=1S/C27H28N4O5/c32-20-5-6-23(24(33)12-20)31-16-22-21(27(31)34)2-1-3-25(22)36-17-18-4-7-26-28-19(15-30(26)13-18)14-29-8-10-35-11-9-29/h1-4,7,13,15,23H,5-6,8-12,14,16-17H2. The van der Waals surface area contributed by atoms with Crippen LogP contribution in [0.2, 0.25) is 0 Å². The lowest BCUT2D eigenvalue weighted by Gasteiger charge is -2.29. The minimum absolute atomic E-state index is 0.0486. The quantitative estimate of drug-likeness (QED) is 0.492. The van der Waals surface area contributed by atoms with E-state index in [0.29, 0.717) is 37.3 Å². The molecule has 0 radical (unpaired) electrons. The van der Waals surface area contributed by atoms with Crippen molar-refractivity contribution >= 4 is 23.1 Å². The molecule has 3 aliphatic rings. The van der Waals surface area contributed by atoms with E-state index in [1.165, 1.54) is 0 Å². The number of hydrogen-bond donors (Lipinski definition) is 0. The van der Waals surface area contributed by atoms with E-state index in [-0.39, 0.29) is 23.9 Å². The molecule has 1 atom stereocenters. The van der Waals surface area contributed by atoms with Crippen molar-refractivity contribution in [2.75, 3.05) is 26.3 Å². The minimum atomic E-state index is -0.536. The average Bonchev–Trinajstić information content (AvgIpc) is 3.43. The van der Waals surface area contributed by atoms with Crippen LogP contribution in [0, 0.1) is 0 Å². The molecule has 1 amide bonds. The molecule has 1 saturated heterocycles. The van der Waals surface area contributed by atoms with Crippen molar-refractivity contribution < 1.29 is 23.9 Å². The van der Waals surface area contributed by atoms with E-state index in [4.69, 9.17) is 14.5 Å². The van der Waals surface area contributed by atoms with Gasteiger partial charge < -0.3 is 18.8 Å². The molecule has 3 aromatic rings. The van der Waals surface area contributed by atoms with Gasteiger partial charge in [0.15, 0.2) is 5.78 Å². The van der Waals surface area contributed by atoms with Gasteiger partial charge in [-0.05, 0) is 24.6 Å². The van der Waals surface area contributed by atoms with E-state index in [0.717, 1.165) is 55.3 Å². The topological polar surface area (TPSA) is 93.4 Å². The summed E-state index contributed by atoms with van der Waals surface area (Å²) in [6, 6.07) is 8.88. The minimum Gasteiger partial charge on any atom is -0.488 e. The van der Waals surface area contributed by atoms with Gasteiger partial charge in [0.1, 0.15) is 23.8 Å². The van der Waals surface area contributed by atoms with Crippen LogP contribution in [0.5, 0.6) is 5.75 Å². The maximum Gasteiger partial charge on any atom is 0.255 e. The number of morpholine rings is 1. The highest BCUT2D eigenvalue weighted by Gasteiger charge is 2.40. The van der Waals surface area contributed by atoms with Crippen molar-refractivity contribution in [3.8, 4) is 5.75 Å². The van der Waals surface area contributed by atoms with Crippen molar-refractivity contribution in [2.24, 2.45) is 0 Å².